The van der Waals surface area contributed by atoms with E-state index in [0.29, 0.717) is 16.7 Å². The molecular weight excluding hydrogens is 340 g/mol. The van der Waals surface area contributed by atoms with E-state index in [-0.39, 0.29) is 6.10 Å². The standard InChI is InChI=1S/C23H40O2S/c1-15(14-26(4)25)19-7-8-20-18-6-5-16-13-17(24)9-11-22(16,2)21(18)10-12-23(19,20)3/h15-21,24H,5-14H2,1-4H3/t15-,16?,17+,18?,19-,20?,21?,22+,23-,26-/m1/s1. The van der Waals surface area contributed by atoms with Crippen molar-refractivity contribution in [2.24, 2.45) is 46.3 Å². The van der Waals surface area contributed by atoms with Crippen molar-refractivity contribution >= 4 is 10.8 Å². The second kappa shape index (κ2) is 6.87. The highest BCUT2D eigenvalue weighted by Gasteiger charge is 2.60. The number of hydrogen-bond donors (Lipinski definition) is 1. The van der Waals surface area contributed by atoms with E-state index >= 15 is 0 Å². The summed E-state index contributed by atoms with van der Waals surface area (Å²) in [5, 5.41) is 10.2. The van der Waals surface area contributed by atoms with E-state index in [1.807, 2.05) is 6.26 Å². The first-order chi connectivity index (χ1) is 12.3. The zero-order valence-corrected chi connectivity index (χ0v) is 18.2. The lowest BCUT2D eigenvalue weighted by atomic mass is 9.44. The number of aliphatic hydroxyl groups is 1. The summed E-state index contributed by atoms with van der Waals surface area (Å²) in [6, 6.07) is 0. The molecule has 4 aliphatic rings. The van der Waals surface area contributed by atoms with Gasteiger partial charge in [0.15, 0.2) is 0 Å². The van der Waals surface area contributed by atoms with Gasteiger partial charge in [-0.2, -0.15) is 0 Å². The third-order valence-corrected chi connectivity index (χ3v) is 10.9. The summed E-state index contributed by atoms with van der Waals surface area (Å²) in [6.07, 6.45) is 13.5. The second-order valence-corrected chi connectivity index (χ2v) is 12.5. The lowest BCUT2D eigenvalue weighted by Crippen LogP contribution is -2.54. The molecule has 0 bridgehead atoms. The van der Waals surface area contributed by atoms with E-state index in [9.17, 15) is 9.32 Å². The van der Waals surface area contributed by atoms with Gasteiger partial charge in [0, 0.05) is 22.8 Å². The van der Waals surface area contributed by atoms with Gasteiger partial charge in [0.1, 0.15) is 0 Å². The highest BCUT2D eigenvalue weighted by atomic mass is 32.2. The minimum atomic E-state index is -0.669. The van der Waals surface area contributed by atoms with E-state index in [1.54, 1.807) is 0 Å². The first kappa shape index (κ1) is 19.4. The summed E-state index contributed by atoms with van der Waals surface area (Å²) in [6.45, 7) is 7.55. The highest BCUT2D eigenvalue weighted by molar-refractivity contribution is 7.84. The molecule has 0 amide bonds. The molecule has 0 saturated heterocycles. The van der Waals surface area contributed by atoms with Gasteiger partial charge in [-0.3, -0.25) is 4.21 Å². The molecule has 0 spiro atoms. The Labute approximate surface area is 163 Å². The SMILES string of the molecule is C[C@H](C[S@@](C)=O)[C@H]1CCC2C3CCC4C[C@@H](O)CC[C@]4(C)C3CC[C@@]21C. The number of hydrogen-bond acceptors (Lipinski definition) is 2. The molecule has 4 fully saturated rings. The van der Waals surface area contributed by atoms with Gasteiger partial charge in [-0.25, -0.2) is 0 Å². The average Bonchev–Trinajstić information content (AvgIpc) is 2.92. The molecular formula is C23H40O2S. The van der Waals surface area contributed by atoms with Crippen LogP contribution in [-0.2, 0) is 10.8 Å². The van der Waals surface area contributed by atoms with E-state index in [0.717, 1.165) is 48.2 Å². The summed E-state index contributed by atoms with van der Waals surface area (Å²) >= 11 is 0. The van der Waals surface area contributed by atoms with Gasteiger partial charge in [0.25, 0.3) is 0 Å². The molecule has 10 atom stereocenters. The van der Waals surface area contributed by atoms with Crippen molar-refractivity contribution in [2.75, 3.05) is 12.0 Å². The van der Waals surface area contributed by atoms with Crippen LogP contribution in [0.2, 0.25) is 0 Å². The smallest absolute Gasteiger partial charge is 0.0543 e. The van der Waals surface area contributed by atoms with Gasteiger partial charge >= 0.3 is 0 Å². The molecule has 150 valence electrons. The number of rotatable bonds is 3. The summed E-state index contributed by atoms with van der Waals surface area (Å²) < 4.78 is 11.8. The van der Waals surface area contributed by atoms with Crippen molar-refractivity contribution in [3.8, 4) is 0 Å². The Morgan fingerprint density at radius 3 is 2.42 bits per heavy atom. The normalized spacial score (nSPS) is 53.3. The zero-order chi connectivity index (χ0) is 18.7. The molecule has 0 aromatic heterocycles. The monoisotopic (exact) mass is 380 g/mol. The average molecular weight is 381 g/mol. The third-order valence-electron chi connectivity index (χ3n) is 9.90. The molecule has 3 heteroatoms. The molecule has 2 nitrogen and oxygen atoms in total. The summed E-state index contributed by atoms with van der Waals surface area (Å²) in [5.41, 5.74) is 0.968. The molecule has 4 aliphatic carbocycles. The molecule has 4 unspecified atom stereocenters. The van der Waals surface area contributed by atoms with Crippen LogP contribution in [0, 0.1) is 46.3 Å². The molecule has 0 aliphatic heterocycles. The Morgan fingerprint density at radius 2 is 1.69 bits per heavy atom. The minimum absolute atomic E-state index is 0.0369. The third kappa shape index (κ3) is 2.95. The van der Waals surface area contributed by atoms with E-state index in [1.165, 1.54) is 44.9 Å². The maximum Gasteiger partial charge on any atom is 0.0543 e. The van der Waals surface area contributed by atoms with Gasteiger partial charge in [-0.15, -0.1) is 0 Å². The second-order valence-electron chi connectivity index (χ2n) is 11.0. The predicted molar refractivity (Wildman–Crippen MR) is 109 cm³/mol. The fourth-order valence-electron chi connectivity index (χ4n) is 8.70. The number of fused-ring (bicyclic) bond motifs is 5. The van der Waals surface area contributed by atoms with E-state index < -0.39 is 10.8 Å². The fraction of sp³-hybridized carbons (Fsp3) is 1.00. The predicted octanol–water partition coefficient (Wildman–Crippen LogP) is 5.02. The van der Waals surface area contributed by atoms with Crippen molar-refractivity contribution in [1.82, 2.24) is 0 Å². The van der Waals surface area contributed by atoms with Crippen molar-refractivity contribution in [2.45, 2.75) is 84.7 Å². The van der Waals surface area contributed by atoms with Crippen LogP contribution in [0.15, 0.2) is 0 Å². The maximum atomic E-state index is 11.8. The molecule has 0 radical (unpaired) electrons. The maximum absolute atomic E-state index is 11.8. The van der Waals surface area contributed by atoms with Crippen LogP contribution in [0.5, 0.6) is 0 Å². The minimum Gasteiger partial charge on any atom is -0.393 e. The van der Waals surface area contributed by atoms with Crippen LogP contribution in [0.25, 0.3) is 0 Å². The van der Waals surface area contributed by atoms with Crippen molar-refractivity contribution in [1.29, 1.82) is 0 Å². The molecule has 0 aromatic rings. The number of aliphatic hydroxyl groups excluding tert-OH is 1. The van der Waals surface area contributed by atoms with Gasteiger partial charge in [0.05, 0.1) is 6.10 Å². The summed E-state index contributed by atoms with van der Waals surface area (Å²) in [7, 11) is -0.669. The van der Waals surface area contributed by atoms with Crippen molar-refractivity contribution in [3.05, 3.63) is 0 Å². The van der Waals surface area contributed by atoms with Crippen LogP contribution in [0.4, 0.5) is 0 Å². The Hall–Kier alpha value is 0.110. The Kier molecular flexibility index (Phi) is 5.13. The van der Waals surface area contributed by atoms with E-state index in [4.69, 9.17) is 0 Å². The first-order valence-electron chi connectivity index (χ1n) is 11.2. The molecule has 4 rings (SSSR count). The molecule has 0 aromatic carbocycles. The first-order valence-corrected chi connectivity index (χ1v) is 13.0. The highest BCUT2D eigenvalue weighted by Crippen LogP contribution is 2.68. The molecule has 4 saturated carbocycles. The van der Waals surface area contributed by atoms with Crippen LogP contribution >= 0.6 is 0 Å². The van der Waals surface area contributed by atoms with Crippen LogP contribution in [-0.4, -0.2) is 27.4 Å². The van der Waals surface area contributed by atoms with Crippen molar-refractivity contribution < 1.29 is 9.32 Å². The Morgan fingerprint density at radius 1 is 1.00 bits per heavy atom. The van der Waals surface area contributed by atoms with Gasteiger partial charge in [0.2, 0.25) is 0 Å². The van der Waals surface area contributed by atoms with Gasteiger partial charge in [-0.1, -0.05) is 20.8 Å². The topological polar surface area (TPSA) is 37.3 Å². The molecule has 26 heavy (non-hydrogen) atoms. The molecule has 0 heterocycles. The zero-order valence-electron chi connectivity index (χ0n) is 17.4. The van der Waals surface area contributed by atoms with Gasteiger partial charge in [-0.05, 0) is 104 Å². The van der Waals surface area contributed by atoms with Crippen molar-refractivity contribution in [3.63, 3.8) is 0 Å². The van der Waals surface area contributed by atoms with Crippen LogP contribution < -0.4 is 0 Å². The Bertz CT molecular complexity index is 562. The lowest BCUT2D eigenvalue weighted by Gasteiger charge is -2.61. The molecule has 1 N–H and O–H groups in total. The van der Waals surface area contributed by atoms with Crippen LogP contribution in [0.3, 0.4) is 0 Å². The van der Waals surface area contributed by atoms with Crippen LogP contribution in [0.1, 0.15) is 78.6 Å². The van der Waals surface area contributed by atoms with Gasteiger partial charge < -0.3 is 5.11 Å². The largest absolute Gasteiger partial charge is 0.393 e. The quantitative estimate of drug-likeness (QED) is 0.746. The fourth-order valence-corrected chi connectivity index (χ4v) is 9.67. The summed E-state index contributed by atoms with van der Waals surface area (Å²) in [5.74, 6) is 5.72. The Balaban J connectivity index is 1.55. The lowest BCUT2D eigenvalue weighted by molar-refractivity contribution is -0.128. The van der Waals surface area contributed by atoms with E-state index in [2.05, 4.69) is 20.8 Å². The summed E-state index contributed by atoms with van der Waals surface area (Å²) in [4.78, 5) is 0.